The number of fused-ring (bicyclic) bond motifs is 1. The summed E-state index contributed by atoms with van der Waals surface area (Å²) in [6, 6.07) is 19.1. The van der Waals surface area contributed by atoms with Crippen LogP contribution >= 0.6 is 0 Å². The van der Waals surface area contributed by atoms with Crippen molar-refractivity contribution in [1.29, 1.82) is 5.26 Å². The van der Waals surface area contributed by atoms with Crippen LogP contribution in [0.2, 0.25) is 0 Å². The van der Waals surface area contributed by atoms with Crippen molar-refractivity contribution in [3.8, 4) is 17.6 Å². The summed E-state index contributed by atoms with van der Waals surface area (Å²) >= 11 is 0. The van der Waals surface area contributed by atoms with Crippen LogP contribution in [0.3, 0.4) is 0 Å². The number of aromatic nitrogens is 2. The molecule has 2 heterocycles. The summed E-state index contributed by atoms with van der Waals surface area (Å²) in [6.07, 6.45) is 3.09. The minimum Gasteiger partial charge on any atom is -0.462 e. The predicted molar refractivity (Wildman–Crippen MR) is 124 cm³/mol. The number of rotatable bonds is 6. The number of aryl methyl sites for hydroxylation is 1. The van der Waals surface area contributed by atoms with Gasteiger partial charge in [-0.2, -0.15) is 10.4 Å². The number of para-hydroxylation sites is 1. The molecule has 2 aromatic heterocycles. The molecular weight excluding hydrogens is 404 g/mol. The maximum absolute atomic E-state index is 12.3. The molecule has 0 aliphatic heterocycles. The molecule has 0 aliphatic rings. The van der Waals surface area contributed by atoms with Gasteiger partial charge in [-0.1, -0.05) is 25.6 Å². The third kappa shape index (κ3) is 4.40. The number of nitriles is 1. The fourth-order valence-corrected chi connectivity index (χ4v) is 3.29. The SMILES string of the molecule is C.CCOC(=O)c1cn2ncc(C#N)c(Nc3ccc(Oc4ccccc4)cc3)c2c1C. The van der Waals surface area contributed by atoms with Gasteiger partial charge < -0.3 is 14.8 Å². The van der Waals surface area contributed by atoms with Crippen molar-refractivity contribution in [3.63, 3.8) is 0 Å². The molecule has 0 radical (unpaired) electrons. The number of hydrogen-bond acceptors (Lipinski definition) is 6. The van der Waals surface area contributed by atoms with E-state index in [-0.39, 0.29) is 14.0 Å². The maximum atomic E-state index is 12.3. The molecule has 32 heavy (non-hydrogen) atoms. The summed E-state index contributed by atoms with van der Waals surface area (Å²) < 4.78 is 12.5. The first-order chi connectivity index (χ1) is 15.1. The third-order valence-electron chi connectivity index (χ3n) is 4.78. The van der Waals surface area contributed by atoms with Crippen LogP contribution in [-0.2, 0) is 4.74 Å². The molecule has 0 atom stereocenters. The fraction of sp³-hybridized carbons (Fsp3) is 0.160. The molecule has 0 saturated heterocycles. The zero-order valence-electron chi connectivity index (χ0n) is 17.1. The van der Waals surface area contributed by atoms with E-state index in [4.69, 9.17) is 9.47 Å². The Morgan fingerprint density at radius 1 is 1.12 bits per heavy atom. The average Bonchev–Trinajstić information content (AvgIpc) is 3.13. The van der Waals surface area contributed by atoms with Crippen molar-refractivity contribution in [2.45, 2.75) is 21.3 Å². The largest absolute Gasteiger partial charge is 0.462 e. The minimum atomic E-state index is -0.419. The van der Waals surface area contributed by atoms with Crippen molar-refractivity contribution in [2.75, 3.05) is 11.9 Å². The van der Waals surface area contributed by atoms with E-state index < -0.39 is 5.97 Å². The molecule has 162 valence electrons. The fourth-order valence-electron chi connectivity index (χ4n) is 3.29. The normalized spacial score (nSPS) is 10.2. The Labute approximate surface area is 186 Å². The molecule has 0 fully saturated rings. The highest BCUT2D eigenvalue weighted by atomic mass is 16.5. The van der Waals surface area contributed by atoms with Gasteiger partial charge >= 0.3 is 5.97 Å². The first-order valence-corrected chi connectivity index (χ1v) is 9.79. The van der Waals surface area contributed by atoms with Crippen molar-refractivity contribution in [2.24, 2.45) is 0 Å². The van der Waals surface area contributed by atoms with Gasteiger partial charge in [-0.05, 0) is 55.8 Å². The van der Waals surface area contributed by atoms with E-state index >= 15 is 0 Å². The summed E-state index contributed by atoms with van der Waals surface area (Å²) in [5, 5.41) is 17.2. The highest BCUT2D eigenvalue weighted by molar-refractivity contribution is 5.97. The molecule has 0 spiro atoms. The number of nitrogens with one attached hydrogen (secondary N) is 1. The summed E-state index contributed by atoms with van der Waals surface area (Å²) in [7, 11) is 0. The first kappa shape index (κ1) is 22.4. The molecule has 4 aromatic rings. The van der Waals surface area contributed by atoms with Gasteiger partial charge in [0.25, 0.3) is 0 Å². The molecule has 0 saturated carbocycles. The Morgan fingerprint density at radius 3 is 2.47 bits per heavy atom. The van der Waals surface area contributed by atoms with Gasteiger partial charge in [-0.3, -0.25) is 0 Å². The Balaban J connectivity index is 0.00000289. The van der Waals surface area contributed by atoms with Crippen LogP contribution in [0.1, 0.15) is 35.8 Å². The first-order valence-electron chi connectivity index (χ1n) is 9.79. The minimum absolute atomic E-state index is 0. The van der Waals surface area contributed by atoms with Crippen molar-refractivity contribution in [1.82, 2.24) is 9.61 Å². The molecule has 2 aromatic carbocycles. The van der Waals surface area contributed by atoms with Crippen LogP contribution in [-0.4, -0.2) is 22.2 Å². The molecule has 7 nitrogen and oxygen atoms in total. The van der Waals surface area contributed by atoms with Gasteiger partial charge in [0.2, 0.25) is 0 Å². The smallest absolute Gasteiger partial charge is 0.340 e. The van der Waals surface area contributed by atoms with E-state index in [1.54, 1.807) is 17.6 Å². The second-order valence-corrected chi connectivity index (χ2v) is 6.79. The number of carbonyl (C=O) groups excluding carboxylic acids is 1. The van der Waals surface area contributed by atoms with Gasteiger partial charge in [-0.25, -0.2) is 9.31 Å². The Kier molecular flexibility index (Phi) is 6.76. The molecule has 0 amide bonds. The summed E-state index contributed by atoms with van der Waals surface area (Å²) in [6.45, 7) is 3.85. The van der Waals surface area contributed by atoms with Crippen molar-refractivity contribution < 1.29 is 14.3 Å². The maximum Gasteiger partial charge on any atom is 0.340 e. The average molecular weight is 428 g/mol. The number of hydrogen-bond donors (Lipinski definition) is 1. The second-order valence-electron chi connectivity index (χ2n) is 6.79. The number of carbonyl (C=O) groups is 1. The van der Waals surface area contributed by atoms with Crippen LogP contribution < -0.4 is 10.1 Å². The van der Waals surface area contributed by atoms with Gasteiger partial charge in [0.1, 0.15) is 17.6 Å². The van der Waals surface area contributed by atoms with Gasteiger partial charge in [0.15, 0.2) is 0 Å². The zero-order chi connectivity index (χ0) is 21.8. The number of esters is 1. The molecule has 0 bridgehead atoms. The van der Waals surface area contributed by atoms with E-state index in [0.29, 0.717) is 33.6 Å². The molecule has 1 N–H and O–H groups in total. The number of nitrogens with zero attached hydrogens (tertiary/aromatic N) is 3. The van der Waals surface area contributed by atoms with Gasteiger partial charge in [0.05, 0.1) is 35.1 Å². The van der Waals surface area contributed by atoms with Crippen LogP contribution in [0, 0.1) is 18.3 Å². The Morgan fingerprint density at radius 2 is 1.81 bits per heavy atom. The van der Waals surface area contributed by atoms with Crippen LogP contribution in [0.15, 0.2) is 67.0 Å². The molecule has 0 aliphatic carbocycles. The topological polar surface area (TPSA) is 88.7 Å². The zero-order valence-corrected chi connectivity index (χ0v) is 17.1. The highest BCUT2D eigenvalue weighted by Crippen LogP contribution is 2.31. The monoisotopic (exact) mass is 428 g/mol. The van der Waals surface area contributed by atoms with E-state index in [0.717, 1.165) is 11.4 Å². The Hall–Kier alpha value is -4.31. The lowest BCUT2D eigenvalue weighted by molar-refractivity contribution is 0.0525. The van der Waals surface area contributed by atoms with E-state index in [1.807, 2.05) is 61.5 Å². The lowest BCUT2D eigenvalue weighted by atomic mass is 10.1. The summed E-state index contributed by atoms with van der Waals surface area (Å²) in [5.74, 6) is 1.03. The van der Waals surface area contributed by atoms with Crippen molar-refractivity contribution in [3.05, 3.63) is 83.7 Å². The lowest BCUT2D eigenvalue weighted by Crippen LogP contribution is -2.04. The summed E-state index contributed by atoms with van der Waals surface area (Å²) in [4.78, 5) is 12.3. The van der Waals surface area contributed by atoms with Crippen molar-refractivity contribution >= 4 is 22.9 Å². The molecular formula is C25H24N4O3. The lowest BCUT2D eigenvalue weighted by Gasteiger charge is -2.12. The number of ether oxygens (including phenoxy) is 2. The second kappa shape index (κ2) is 9.67. The molecule has 4 rings (SSSR count). The van der Waals surface area contributed by atoms with Crippen LogP contribution in [0.5, 0.6) is 11.5 Å². The van der Waals surface area contributed by atoms with E-state index in [9.17, 15) is 10.1 Å². The van der Waals surface area contributed by atoms with E-state index in [2.05, 4.69) is 16.5 Å². The Bertz CT molecular complexity index is 1270. The number of benzene rings is 2. The van der Waals surface area contributed by atoms with Gasteiger partial charge in [-0.15, -0.1) is 0 Å². The third-order valence-corrected chi connectivity index (χ3v) is 4.78. The number of anilines is 2. The molecule has 0 unspecified atom stereocenters. The highest BCUT2D eigenvalue weighted by Gasteiger charge is 2.20. The van der Waals surface area contributed by atoms with E-state index in [1.165, 1.54) is 6.20 Å². The summed E-state index contributed by atoms with van der Waals surface area (Å²) in [5.41, 5.74) is 3.46. The standard InChI is InChI=1S/C24H20N4O3.CH4/c1-3-30-24(29)21-15-28-23(16(21)2)22(17(13-25)14-26-28)27-18-9-11-20(12-10-18)31-19-7-5-4-6-8-19;/h4-12,14-15,27H,3H2,1-2H3;1H4. The predicted octanol–water partition coefficient (Wildman–Crippen LogP) is 5.86. The van der Waals surface area contributed by atoms with Crippen LogP contribution in [0.25, 0.3) is 5.52 Å². The quantitative estimate of drug-likeness (QED) is 0.387. The van der Waals surface area contributed by atoms with Crippen LogP contribution in [0.4, 0.5) is 11.4 Å². The molecule has 7 heteroatoms. The van der Waals surface area contributed by atoms with Gasteiger partial charge in [0, 0.05) is 11.9 Å².